The summed E-state index contributed by atoms with van der Waals surface area (Å²) >= 11 is 0. The lowest BCUT2D eigenvalue weighted by Crippen LogP contribution is -2.12. The Morgan fingerprint density at radius 1 is 0.857 bits per heavy atom. The van der Waals surface area contributed by atoms with Crippen molar-refractivity contribution in [2.45, 2.75) is 90.1 Å². The van der Waals surface area contributed by atoms with E-state index in [1.165, 1.54) is 77.0 Å². The van der Waals surface area contributed by atoms with Gasteiger partial charge < -0.3 is 9.16 Å². The van der Waals surface area contributed by atoms with Crippen LogP contribution in [0.2, 0.25) is 0 Å². The quantitative estimate of drug-likeness (QED) is 0.223. The molecule has 1 unspecified atom stereocenters. The Labute approximate surface area is 136 Å². The van der Waals surface area contributed by atoms with Gasteiger partial charge in [-0.1, -0.05) is 63.9 Å². The number of hydrogen-bond acceptors (Lipinski definition) is 2. The highest BCUT2D eigenvalue weighted by Gasteiger charge is 2.01. The molecule has 0 saturated carbocycles. The van der Waals surface area contributed by atoms with Crippen LogP contribution in [-0.4, -0.2) is 29.8 Å². The minimum absolute atomic E-state index is 0.400. The van der Waals surface area contributed by atoms with Crippen LogP contribution < -0.4 is 0 Å². The third-order valence-corrected chi connectivity index (χ3v) is 4.37. The molecule has 0 saturated heterocycles. The summed E-state index contributed by atoms with van der Waals surface area (Å²) in [6, 6.07) is 0. The Bertz CT molecular complexity index is 209. The van der Waals surface area contributed by atoms with Crippen LogP contribution in [0.25, 0.3) is 0 Å². The molecule has 0 heterocycles. The molecule has 0 radical (unpaired) electrons. The lowest BCUT2D eigenvalue weighted by atomic mass is 10.0. The zero-order valence-electron chi connectivity index (χ0n) is 14.6. The van der Waals surface area contributed by atoms with Crippen molar-refractivity contribution in [2.75, 3.05) is 13.2 Å². The van der Waals surface area contributed by atoms with E-state index in [1.807, 2.05) is 6.08 Å². The predicted octanol–water partition coefficient (Wildman–Crippen LogP) is 4.56. The van der Waals surface area contributed by atoms with Gasteiger partial charge in [0, 0.05) is 0 Å². The van der Waals surface area contributed by atoms with Crippen molar-refractivity contribution in [3.63, 3.8) is 0 Å². The highest BCUT2D eigenvalue weighted by molar-refractivity contribution is 5.97. The van der Waals surface area contributed by atoms with Gasteiger partial charge in [-0.05, 0) is 26.2 Å². The molecule has 0 fully saturated rings. The Balaban J connectivity index is 3.06. The fraction of sp³-hybridized carbons (Fsp3) is 0.889. The van der Waals surface area contributed by atoms with Gasteiger partial charge in [-0.25, -0.2) is 0 Å². The van der Waals surface area contributed by atoms with Gasteiger partial charge in [0.05, 0.1) is 19.3 Å². The van der Waals surface area contributed by atoms with Gasteiger partial charge >= 0.3 is 0 Å². The van der Waals surface area contributed by atoms with E-state index in [1.54, 1.807) is 0 Å². The van der Waals surface area contributed by atoms with Crippen LogP contribution in [0.5, 0.6) is 0 Å². The fourth-order valence-electron chi connectivity index (χ4n) is 2.55. The third kappa shape index (κ3) is 17.8. The maximum Gasteiger partial charge on any atom is 0.146 e. The van der Waals surface area contributed by atoms with Crippen molar-refractivity contribution in [3.05, 3.63) is 12.7 Å². The molecule has 21 heavy (non-hydrogen) atoms. The van der Waals surface area contributed by atoms with Crippen LogP contribution in [0.1, 0.15) is 84.0 Å². The fourth-order valence-corrected chi connectivity index (χ4v) is 2.72. The molecule has 126 valence electrons. The normalized spacial score (nSPS) is 12.6. The van der Waals surface area contributed by atoms with Crippen LogP contribution in [0.4, 0.5) is 0 Å². The molecule has 0 aliphatic carbocycles. The van der Waals surface area contributed by atoms with Gasteiger partial charge in [-0.15, -0.1) is 6.58 Å². The van der Waals surface area contributed by atoms with E-state index in [0.717, 1.165) is 23.7 Å². The zero-order valence-corrected chi connectivity index (χ0v) is 16.6. The molecule has 1 atom stereocenters. The molecular formula is C18H38O2Si. The van der Waals surface area contributed by atoms with E-state index in [2.05, 4.69) is 13.5 Å². The van der Waals surface area contributed by atoms with Gasteiger partial charge in [0.2, 0.25) is 0 Å². The summed E-state index contributed by atoms with van der Waals surface area (Å²) in [7, 11) is 0.819. The lowest BCUT2D eigenvalue weighted by molar-refractivity contribution is 0.0400. The SMILES string of the molecule is C=CCCCCCCCCCCCCC(C)OCCO[SiH3]. The second-order valence-corrected chi connectivity index (χ2v) is 6.65. The highest BCUT2D eigenvalue weighted by atomic mass is 28.2. The van der Waals surface area contributed by atoms with Crippen molar-refractivity contribution < 1.29 is 9.16 Å². The van der Waals surface area contributed by atoms with Crippen LogP contribution in [-0.2, 0) is 9.16 Å². The first kappa shape index (κ1) is 20.9. The Morgan fingerprint density at radius 2 is 1.38 bits per heavy atom. The maximum atomic E-state index is 5.67. The standard InChI is InChI=1S/C18H38O2Si/c1-3-4-5-6-7-8-9-10-11-12-13-14-15-18(2)19-16-17-20-21/h3,18H,1,4-17H2,2,21H3. The van der Waals surface area contributed by atoms with Gasteiger partial charge in [0.25, 0.3) is 0 Å². The van der Waals surface area contributed by atoms with Gasteiger partial charge in [-0.2, -0.15) is 0 Å². The average molecular weight is 315 g/mol. The summed E-state index contributed by atoms with van der Waals surface area (Å²) in [5, 5.41) is 0. The Morgan fingerprint density at radius 3 is 1.90 bits per heavy atom. The van der Waals surface area contributed by atoms with Gasteiger partial charge in [0.15, 0.2) is 0 Å². The molecule has 0 amide bonds. The summed E-state index contributed by atoms with van der Waals surface area (Å²) in [4.78, 5) is 0. The first-order valence-corrected chi connectivity index (χ1v) is 9.84. The molecule has 3 heteroatoms. The maximum absolute atomic E-state index is 5.67. The Hall–Kier alpha value is -0.123. The molecule has 0 N–H and O–H groups in total. The van der Waals surface area contributed by atoms with Crippen molar-refractivity contribution >= 4 is 10.5 Å². The number of ether oxygens (including phenoxy) is 1. The number of hydrogen-bond donors (Lipinski definition) is 0. The summed E-state index contributed by atoms with van der Waals surface area (Å²) in [6.07, 6.45) is 18.7. The lowest BCUT2D eigenvalue weighted by Gasteiger charge is -2.12. The summed E-state index contributed by atoms with van der Waals surface area (Å²) in [5.41, 5.74) is 0. The Kier molecular flexibility index (Phi) is 17.8. The topological polar surface area (TPSA) is 18.5 Å². The van der Waals surface area contributed by atoms with E-state index in [0.29, 0.717) is 6.10 Å². The highest BCUT2D eigenvalue weighted by Crippen LogP contribution is 2.13. The van der Waals surface area contributed by atoms with E-state index in [4.69, 9.17) is 9.16 Å². The first-order valence-electron chi connectivity index (χ1n) is 9.02. The van der Waals surface area contributed by atoms with E-state index < -0.39 is 0 Å². The number of allylic oxidation sites excluding steroid dienone is 1. The van der Waals surface area contributed by atoms with Crippen LogP contribution in [0, 0.1) is 0 Å². The molecule has 0 aliphatic rings. The number of unbranched alkanes of at least 4 members (excludes halogenated alkanes) is 10. The molecule has 0 rings (SSSR count). The van der Waals surface area contributed by atoms with E-state index >= 15 is 0 Å². The summed E-state index contributed by atoms with van der Waals surface area (Å²) in [5.74, 6) is 0. The van der Waals surface area contributed by atoms with Crippen LogP contribution in [0.15, 0.2) is 12.7 Å². The molecule has 0 aromatic rings. The molecule has 2 nitrogen and oxygen atoms in total. The largest absolute Gasteiger partial charge is 0.426 e. The minimum atomic E-state index is 0.400. The van der Waals surface area contributed by atoms with Crippen molar-refractivity contribution in [3.8, 4) is 0 Å². The number of rotatable bonds is 17. The second-order valence-electron chi connectivity index (χ2n) is 6.08. The van der Waals surface area contributed by atoms with Crippen molar-refractivity contribution in [2.24, 2.45) is 0 Å². The molecule has 0 aromatic heterocycles. The van der Waals surface area contributed by atoms with E-state index in [-0.39, 0.29) is 0 Å². The monoisotopic (exact) mass is 314 g/mol. The molecule has 0 aliphatic heterocycles. The summed E-state index contributed by atoms with van der Waals surface area (Å²) < 4.78 is 10.8. The second kappa shape index (κ2) is 17.9. The predicted molar refractivity (Wildman–Crippen MR) is 96.9 cm³/mol. The average Bonchev–Trinajstić information content (AvgIpc) is 2.48. The van der Waals surface area contributed by atoms with Gasteiger partial charge in [0.1, 0.15) is 10.5 Å². The molecule has 0 spiro atoms. The molecular weight excluding hydrogens is 276 g/mol. The van der Waals surface area contributed by atoms with Crippen LogP contribution >= 0.6 is 0 Å². The minimum Gasteiger partial charge on any atom is -0.426 e. The van der Waals surface area contributed by atoms with E-state index in [9.17, 15) is 0 Å². The van der Waals surface area contributed by atoms with Crippen LogP contribution in [0.3, 0.4) is 0 Å². The molecule has 0 bridgehead atoms. The molecule has 0 aromatic carbocycles. The van der Waals surface area contributed by atoms with Crippen molar-refractivity contribution in [1.82, 2.24) is 0 Å². The first-order chi connectivity index (χ1) is 10.3. The van der Waals surface area contributed by atoms with Crippen molar-refractivity contribution in [1.29, 1.82) is 0 Å². The summed E-state index contributed by atoms with van der Waals surface area (Å²) in [6.45, 7) is 7.47. The third-order valence-electron chi connectivity index (χ3n) is 3.96. The smallest absolute Gasteiger partial charge is 0.146 e. The zero-order chi connectivity index (χ0) is 15.6. The van der Waals surface area contributed by atoms with Gasteiger partial charge in [-0.3, -0.25) is 0 Å².